The summed E-state index contributed by atoms with van der Waals surface area (Å²) in [6.07, 6.45) is 4.35. The van der Waals surface area contributed by atoms with Crippen LogP contribution in [0.15, 0.2) is 40.9 Å². The summed E-state index contributed by atoms with van der Waals surface area (Å²) in [5, 5.41) is 9.28. The first kappa shape index (κ1) is 14.4. The van der Waals surface area contributed by atoms with Gasteiger partial charge in [-0.2, -0.15) is 0 Å². The second-order valence-corrected chi connectivity index (χ2v) is 6.02. The quantitative estimate of drug-likeness (QED) is 0.891. The molecule has 0 radical (unpaired) electrons. The van der Waals surface area contributed by atoms with Gasteiger partial charge in [0, 0.05) is 10.0 Å². The molecule has 0 bridgehead atoms. The molecule has 3 rings (SSSR count). The van der Waals surface area contributed by atoms with E-state index in [0.717, 1.165) is 29.7 Å². The molecule has 108 valence electrons. The molecule has 2 nitrogen and oxygen atoms in total. The van der Waals surface area contributed by atoms with Gasteiger partial charge in [-0.15, -0.1) is 0 Å². The van der Waals surface area contributed by atoms with Crippen LogP contribution in [-0.2, 0) is 13.0 Å². The Labute approximate surface area is 133 Å². The van der Waals surface area contributed by atoms with E-state index in [2.05, 4.69) is 40.2 Å². The van der Waals surface area contributed by atoms with Crippen molar-refractivity contribution in [1.29, 1.82) is 0 Å². The van der Waals surface area contributed by atoms with Gasteiger partial charge in [-0.3, -0.25) is 0 Å². The van der Waals surface area contributed by atoms with Crippen molar-refractivity contribution in [2.45, 2.75) is 19.4 Å². The zero-order chi connectivity index (χ0) is 14.8. The van der Waals surface area contributed by atoms with E-state index in [4.69, 9.17) is 4.74 Å². The van der Waals surface area contributed by atoms with Gasteiger partial charge in [0.1, 0.15) is 5.75 Å². The minimum absolute atomic E-state index is 0.00416. The molecule has 0 amide bonds. The Morgan fingerprint density at radius 3 is 2.86 bits per heavy atom. The Kier molecular flexibility index (Phi) is 4.13. The van der Waals surface area contributed by atoms with Crippen molar-refractivity contribution in [2.24, 2.45) is 0 Å². The third-order valence-electron chi connectivity index (χ3n) is 3.93. The van der Waals surface area contributed by atoms with Crippen LogP contribution in [0.25, 0.3) is 11.6 Å². The molecule has 0 spiro atoms. The van der Waals surface area contributed by atoms with Crippen molar-refractivity contribution >= 4 is 27.6 Å². The highest BCUT2D eigenvalue weighted by atomic mass is 79.9. The number of ether oxygens (including phenoxy) is 1. The third-order valence-corrected chi connectivity index (χ3v) is 4.67. The topological polar surface area (TPSA) is 29.5 Å². The number of fused-ring (bicyclic) bond motifs is 1. The fourth-order valence-corrected chi connectivity index (χ4v) is 3.41. The minimum Gasteiger partial charge on any atom is -0.496 e. The van der Waals surface area contributed by atoms with Crippen LogP contribution in [0.4, 0.5) is 0 Å². The normalized spacial score (nSPS) is 15.3. The summed E-state index contributed by atoms with van der Waals surface area (Å²) < 4.78 is 6.52. The molecule has 0 fully saturated rings. The summed E-state index contributed by atoms with van der Waals surface area (Å²) >= 11 is 3.63. The first-order valence-electron chi connectivity index (χ1n) is 6.99. The number of hydrogen-bond acceptors (Lipinski definition) is 2. The first-order chi connectivity index (χ1) is 10.2. The number of allylic oxidation sites excluding steroid dienone is 1. The molecule has 1 N–H and O–H groups in total. The molecule has 21 heavy (non-hydrogen) atoms. The number of halogens is 1. The van der Waals surface area contributed by atoms with Gasteiger partial charge in [0.15, 0.2) is 0 Å². The maximum absolute atomic E-state index is 9.28. The van der Waals surface area contributed by atoms with Crippen molar-refractivity contribution in [2.75, 3.05) is 7.11 Å². The monoisotopic (exact) mass is 344 g/mol. The SMILES string of the molecule is COc1cc(C=C2CCc3c(Br)cccc32)ccc1CO. The van der Waals surface area contributed by atoms with Crippen LogP contribution in [0.5, 0.6) is 5.75 Å². The smallest absolute Gasteiger partial charge is 0.124 e. The molecule has 2 aromatic rings. The average molecular weight is 345 g/mol. The molecule has 3 heteroatoms. The first-order valence-corrected chi connectivity index (χ1v) is 7.78. The molecule has 0 atom stereocenters. The summed E-state index contributed by atoms with van der Waals surface area (Å²) in [6, 6.07) is 12.3. The van der Waals surface area contributed by atoms with Crippen molar-refractivity contribution in [3.63, 3.8) is 0 Å². The van der Waals surface area contributed by atoms with Crippen molar-refractivity contribution in [3.8, 4) is 5.75 Å². The number of hydrogen-bond donors (Lipinski definition) is 1. The maximum atomic E-state index is 9.28. The fourth-order valence-electron chi connectivity index (χ4n) is 2.84. The molecule has 0 saturated heterocycles. The lowest BCUT2D eigenvalue weighted by atomic mass is 10.0. The van der Waals surface area contributed by atoms with E-state index in [1.165, 1.54) is 21.2 Å². The molecule has 0 unspecified atom stereocenters. The van der Waals surface area contributed by atoms with Gasteiger partial charge in [0.2, 0.25) is 0 Å². The van der Waals surface area contributed by atoms with Gasteiger partial charge >= 0.3 is 0 Å². The zero-order valence-electron chi connectivity index (χ0n) is 11.9. The number of rotatable bonds is 3. The lowest BCUT2D eigenvalue weighted by molar-refractivity contribution is 0.274. The minimum atomic E-state index is -0.00416. The van der Waals surface area contributed by atoms with Gasteiger partial charge < -0.3 is 9.84 Å². The predicted molar refractivity (Wildman–Crippen MR) is 89.3 cm³/mol. The fraction of sp³-hybridized carbons (Fsp3) is 0.222. The van der Waals surface area contributed by atoms with Crippen molar-refractivity contribution in [3.05, 3.63) is 63.1 Å². The lowest BCUT2D eigenvalue weighted by Crippen LogP contribution is -1.92. The van der Waals surface area contributed by atoms with Gasteiger partial charge in [0.05, 0.1) is 13.7 Å². The highest BCUT2D eigenvalue weighted by Gasteiger charge is 2.18. The Bertz CT molecular complexity index is 704. The average Bonchev–Trinajstić information content (AvgIpc) is 2.92. The van der Waals surface area contributed by atoms with Crippen LogP contribution in [0, 0.1) is 0 Å². The molecule has 0 aromatic heterocycles. The molecular formula is C18H17BrO2. The Morgan fingerprint density at radius 2 is 2.10 bits per heavy atom. The van der Waals surface area contributed by atoms with E-state index in [1.807, 2.05) is 18.2 Å². The molecule has 0 saturated carbocycles. The second kappa shape index (κ2) is 6.04. The lowest BCUT2D eigenvalue weighted by Gasteiger charge is -2.08. The Morgan fingerprint density at radius 1 is 1.24 bits per heavy atom. The number of benzene rings is 2. The van der Waals surface area contributed by atoms with E-state index >= 15 is 0 Å². The highest BCUT2D eigenvalue weighted by Crippen LogP contribution is 2.37. The van der Waals surface area contributed by atoms with Crippen LogP contribution in [-0.4, -0.2) is 12.2 Å². The molecule has 1 aliphatic carbocycles. The molecule has 2 aromatic carbocycles. The van der Waals surface area contributed by atoms with Gasteiger partial charge in [0.25, 0.3) is 0 Å². The van der Waals surface area contributed by atoms with Gasteiger partial charge in [-0.25, -0.2) is 0 Å². The largest absolute Gasteiger partial charge is 0.496 e. The summed E-state index contributed by atoms with van der Waals surface area (Å²) in [4.78, 5) is 0. The second-order valence-electron chi connectivity index (χ2n) is 5.16. The summed E-state index contributed by atoms with van der Waals surface area (Å²) in [6.45, 7) is -0.00416. The van der Waals surface area contributed by atoms with E-state index in [9.17, 15) is 5.11 Å². The van der Waals surface area contributed by atoms with Crippen molar-refractivity contribution in [1.82, 2.24) is 0 Å². The van der Waals surface area contributed by atoms with Crippen LogP contribution in [0.2, 0.25) is 0 Å². The van der Waals surface area contributed by atoms with E-state index in [-0.39, 0.29) is 6.61 Å². The van der Waals surface area contributed by atoms with E-state index < -0.39 is 0 Å². The van der Waals surface area contributed by atoms with E-state index in [0.29, 0.717) is 0 Å². The summed E-state index contributed by atoms with van der Waals surface area (Å²) in [7, 11) is 1.63. The highest BCUT2D eigenvalue weighted by molar-refractivity contribution is 9.10. The Hall–Kier alpha value is -1.58. The standard InChI is InChI=1S/C18H17BrO2/c1-21-18-10-12(5-6-14(18)11-20)9-13-7-8-16-15(13)3-2-4-17(16)19/h2-6,9-10,20H,7-8,11H2,1H3. The van der Waals surface area contributed by atoms with Crippen molar-refractivity contribution < 1.29 is 9.84 Å². The predicted octanol–water partition coefficient (Wildman–Crippen LogP) is 4.44. The van der Waals surface area contributed by atoms with Crippen LogP contribution >= 0.6 is 15.9 Å². The third kappa shape index (κ3) is 2.76. The van der Waals surface area contributed by atoms with Gasteiger partial charge in [-0.05, 0) is 47.2 Å². The number of aliphatic hydroxyl groups excluding tert-OH is 1. The summed E-state index contributed by atoms with van der Waals surface area (Å²) in [5.74, 6) is 0.735. The van der Waals surface area contributed by atoms with Crippen LogP contribution in [0.1, 0.15) is 28.7 Å². The molecular weight excluding hydrogens is 328 g/mol. The molecule has 1 aliphatic rings. The number of aliphatic hydroxyl groups is 1. The van der Waals surface area contributed by atoms with Crippen LogP contribution < -0.4 is 4.74 Å². The van der Waals surface area contributed by atoms with Crippen LogP contribution in [0.3, 0.4) is 0 Å². The summed E-state index contributed by atoms with van der Waals surface area (Å²) in [5.41, 5.74) is 5.99. The number of methoxy groups -OCH3 is 1. The Balaban J connectivity index is 2.00. The van der Waals surface area contributed by atoms with Gasteiger partial charge in [-0.1, -0.05) is 46.3 Å². The zero-order valence-corrected chi connectivity index (χ0v) is 13.5. The maximum Gasteiger partial charge on any atom is 0.124 e. The molecule has 0 aliphatic heterocycles. The molecule has 0 heterocycles. The van der Waals surface area contributed by atoms with E-state index in [1.54, 1.807) is 7.11 Å².